The smallest absolute Gasteiger partial charge is 0.225 e. The molecule has 1 aliphatic carbocycles. The molecule has 0 radical (unpaired) electrons. The van der Waals surface area contributed by atoms with Gasteiger partial charge in [0.25, 0.3) is 0 Å². The number of carbonyl (C=O) groups is 1. The number of nitrogens with two attached hydrogens (primary N) is 1. The van der Waals surface area contributed by atoms with Gasteiger partial charge in [0.1, 0.15) is 0 Å². The zero-order chi connectivity index (χ0) is 14.7. The fourth-order valence-electron chi connectivity index (χ4n) is 3.46. The summed E-state index contributed by atoms with van der Waals surface area (Å²) in [6.45, 7) is 4.74. The van der Waals surface area contributed by atoms with E-state index in [1.807, 2.05) is 11.3 Å². The first-order valence-corrected chi connectivity index (χ1v) is 8.89. The normalized spacial score (nSPS) is 27.8. The Morgan fingerprint density at radius 1 is 1.29 bits per heavy atom. The second-order valence-electron chi connectivity index (χ2n) is 6.30. The Labute approximate surface area is 130 Å². The average molecular weight is 307 g/mol. The van der Waals surface area contributed by atoms with Gasteiger partial charge in [-0.2, -0.15) is 0 Å². The average Bonchev–Trinajstić information content (AvgIpc) is 3.00. The molecule has 116 valence electrons. The van der Waals surface area contributed by atoms with E-state index in [0.717, 1.165) is 58.4 Å². The van der Waals surface area contributed by atoms with Crippen LogP contribution < -0.4 is 5.73 Å². The molecule has 1 aliphatic heterocycles. The van der Waals surface area contributed by atoms with Crippen LogP contribution in [0.4, 0.5) is 0 Å². The highest BCUT2D eigenvalue weighted by Gasteiger charge is 2.30. The van der Waals surface area contributed by atoms with Crippen molar-refractivity contribution in [1.82, 2.24) is 9.80 Å². The molecule has 1 aromatic heterocycles. The lowest BCUT2D eigenvalue weighted by Crippen LogP contribution is -2.50. The standard InChI is InChI=1S/C16H25N3OS/c17-14-4-1-3-13(11-14)16(20)19-8-6-18(7-9-19)12-15-5-2-10-21-15/h2,5,10,13-14H,1,3-4,6-9,11-12,17H2. The second kappa shape index (κ2) is 6.90. The number of nitrogens with zero attached hydrogens (tertiary/aromatic N) is 2. The van der Waals surface area contributed by atoms with E-state index < -0.39 is 0 Å². The van der Waals surface area contributed by atoms with Crippen molar-refractivity contribution in [1.29, 1.82) is 0 Å². The molecule has 2 N–H and O–H groups in total. The fourth-order valence-corrected chi connectivity index (χ4v) is 4.21. The summed E-state index contributed by atoms with van der Waals surface area (Å²) in [6.07, 6.45) is 4.10. The molecule has 0 aromatic carbocycles. The van der Waals surface area contributed by atoms with Crippen molar-refractivity contribution in [3.8, 4) is 0 Å². The van der Waals surface area contributed by atoms with Crippen molar-refractivity contribution < 1.29 is 4.79 Å². The molecule has 2 aliphatic rings. The minimum absolute atomic E-state index is 0.178. The first-order chi connectivity index (χ1) is 10.2. The number of amides is 1. The van der Waals surface area contributed by atoms with Gasteiger partial charge >= 0.3 is 0 Å². The number of carbonyl (C=O) groups excluding carboxylic acids is 1. The lowest BCUT2D eigenvalue weighted by atomic mass is 9.85. The fraction of sp³-hybridized carbons (Fsp3) is 0.688. The monoisotopic (exact) mass is 307 g/mol. The largest absolute Gasteiger partial charge is 0.340 e. The summed E-state index contributed by atoms with van der Waals surface area (Å²) >= 11 is 1.81. The number of rotatable bonds is 3. The molecule has 5 heteroatoms. The van der Waals surface area contributed by atoms with E-state index in [-0.39, 0.29) is 12.0 Å². The molecule has 0 bridgehead atoms. The molecule has 2 fully saturated rings. The van der Waals surface area contributed by atoms with Gasteiger partial charge < -0.3 is 10.6 Å². The van der Waals surface area contributed by atoms with Crippen molar-refractivity contribution in [2.75, 3.05) is 26.2 Å². The van der Waals surface area contributed by atoms with Crippen LogP contribution in [-0.2, 0) is 11.3 Å². The third-order valence-electron chi connectivity index (χ3n) is 4.71. The molecule has 1 saturated carbocycles. The van der Waals surface area contributed by atoms with Gasteiger partial charge in [-0.15, -0.1) is 11.3 Å². The Hall–Kier alpha value is -0.910. The topological polar surface area (TPSA) is 49.6 Å². The van der Waals surface area contributed by atoms with Gasteiger partial charge in [-0.3, -0.25) is 9.69 Å². The third kappa shape index (κ3) is 3.84. The summed E-state index contributed by atoms with van der Waals surface area (Å²) in [7, 11) is 0. The summed E-state index contributed by atoms with van der Waals surface area (Å²) in [6, 6.07) is 4.52. The quantitative estimate of drug-likeness (QED) is 0.928. The predicted molar refractivity (Wildman–Crippen MR) is 86.1 cm³/mol. The van der Waals surface area contributed by atoms with Crippen LogP contribution in [0.25, 0.3) is 0 Å². The maximum Gasteiger partial charge on any atom is 0.225 e. The lowest BCUT2D eigenvalue weighted by Gasteiger charge is -2.37. The van der Waals surface area contributed by atoms with Crippen LogP contribution in [0.3, 0.4) is 0 Å². The Kier molecular flexibility index (Phi) is 4.93. The lowest BCUT2D eigenvalue weighted by molar-refractivity contribution is -0.138. The number of hydrogen-bond acceptors (Lipinski definition) is 4. The molecule has 1 aromatic rings. The van der Waals surface area contributed by atoms with Crippen molar-refractivity contribution >= 4 is 17.2 Å². The molecule has 3 rings (SSSR count). The van der Waals surface area contributed by atoms with E-state index in [4.69, 9.17) is 5.73 Å². The van der Waals surface area contributed by atoms with E-state index in [0.29, 0.717) is 5.91 Å². The Bertz CT molecular complexity index is 454. The van der Waals surface area contributed by atoms with Crippen LogP contribution in [0.15, 0.2) is 17.5 Å². The molecule has 2 heterocycles. The highest BCUT2D eigenvalue weighted by Crippen LogP contribution is 2.25. The highest BCUT2D eigenvalue weighted by atomic mass is 32.1. The summed E-state index contributed by atoms with van der Waals surface area (Å²) in [5, 5.41) is 2.13. The van der Waals surface area contributed by atoms with Gasteiger partial charge in [0, 0.05) is 49.6 Å². The van der Waals surface area contributed by atoms with Crippen molar-refractivity contribution in [2.45, 2.75) is 38.3 Å². The molecular weight excluding hydrogens is 282 g/mol. The molecular formula is C16H25N3OS. The first kappa shape index (κ1) is 15.0. The van der Waals surface area contributed by atoms with Gasteiger partial charge in [-0.05, 0) is 30.7 Å². The minimum Gasteiger partial charge on any atom is -0.340 e. The SMILES string of the molecule is NC1CCCC(C(=O)N2CCN(Cc3cccs3)CC2)C1. The van der Waals surface area contributed by atoms with E-state index >= 15 is 0 Å². The molecule has 2 atom stereocenters. The molecule has 0 spiro atoms. The van der Waals surface area contributed by atoms with Crippen molar-refractivity contribution in [2.24, 2.45) is 11.7 Å². The summed E-state index contributed by atoms with van der Waals surface area (Å²) < 4.78 is 0. The van der Waals surface area contributed by atoms with Crippen LogP contribution in [0.2, 0.25) is 0 Å². The molecule has 1 amide bonds. The van der Waals surface area contributed by atoms with Crippen LogP contribution in [0.1, 0.15) is 30.6 Å². The number of thiophene rings is 1. The molecule has 1 saturated heterocycles. The Balaban J connectivity index is 1.47. The number of hydrogen-bond donors (Lipinski definition) is 1. The Morgan fingerprint density at radius 2 is 2.10 bits per heavy atom. The van der Waals surface area contributed by atoms with E-state index in [1.165, 1.54) is 4.88 Å². The Morgan fingerprint density at radius 3 is 2.76 bits per heavy atom. The zero-order valence-electron chi connectivity index (χ0n) is 12.5. The van der Waals surface area contributed by atoms with Gasteiger partial charge in [-0.1, -0.05) is 12.5 Å². The minimum atomic E-state index is 0.178. The number of piperazine rings is 1. The maximum absolute atomic E-state index is 12.6. The predicted octanol–water partition coefficient (Wildman–Crippen LogP) is 1.91. The third-order valence-corrected chi connectivity index (χ3v) is 5.57. The van der Waals surface area contributed by atoms with Gasteiger partial charge in [0.05, 0.1) is 0 Å². The van der Waals surface area contributed by atoms with Gasteiger partial charge in [-0.25, -0.2) is 0 Å². The highest BCUT2D eigenvalue weighted by molar-refractivity contribution is 7.09. The maximum atomic E-state index is 12.6. The van der Waals surface area contributed by atoms with E-state index in [1.54, 1.807) is 0 Å². The van der Waals surface area contributed by atoms with Crippen LogP contribution in [-0.4, -0.2) is 47.9 Å². The van der Waals surface area contributed by atoms with Crippen LogP contribution in [0, 0.1) is 5.92 Å². The van der Waals surface area contributed by atoms with E-state index in [2.05, 4.69) is 27.3 Å². The molecule has 4 nitrogen and oxygen atoms in total. The van der Waals surface area contributed by atoms with E-state index in [9.17, 15) is 4.79 Å². The second-order valence-corrected chi connectivity index (χ2v) is 7.34. The molecule has 2 unspecified atom stereocenters. The first-order valence-electron chi connectivity index (χ1n) is 8.01. The van der Waals surface area contributed by atoms with Gasteiger partial charge in [0.2, 0.25) is 5.91 Å². The van der Waals surface area contributed by atoms with Crippen LogP contribution in [0.5, 0.6) is 0 Å². The van der Waals surface area contributed by atoms with Crippen molar-refractivity contribution in [3.63, 3.8) is 0 Å². The summed E-state index contributed by atoms with van der Waals surface area (Å²) in [5.74, 6) is 0.526. The summed E-state index contributed by atoms with van der Waals surface area (Å²) in [5.41, 5.74) is 6.01. The van der Waals surface area contributed by atoms with Crippen molar-refractivity contribution in [3.05, 3.63) is 22.4 Å². The summed E-state index contributed by atoms with van der Waals surface area (Å²) in [4.78, 5) is 18.5. The van der Waals surface area contributed by atoms with Crippen LogP contribution >= 0.6 is 11.3 Å². The molecule has 21 heavy (non-hydrogen) atoms. The van der Waals surface area contributed by atoms with Gasteiger partial charge in [0.15, 0.2) is 0 Å². The zero-order valence-corrected chi connectivity index (χ0v) is 13.4.